The lowest BCUT2D eigenvalue weighted by atomic mass is 10.1. The van der Waals surface area contributed by atoms with Crippen LogP contribution in [0.5, 0.6) is 0 Å². The van der Waals surface area contributed by atoms with Crippen molar-refractivity contribution < 1.29 is 4.79 Å². The summed E-state index contributed by atoms with van der Waals surface area (Å²) < 4.78 is 0. The average Bonchev–Trinajstić information content (AvgIpc) is 3.27. The maximum Gasteiger partial charge on any atom is 0.268 e. The first-order valence-electron chi connectivity index (χ1n) is 11.6. The topological polar surface area (TPSA) is 107 Å². The average molecular weight is 472 g/mol. The molecular weight excluding hydrogens is 438 g/mol. The Bertz CT molecular complexity index is 1310. The molecule has 3 aromatic rings. The van der Waals surface area contributed by atoms with E-state index >= 15 is 0 Å². The summed E-state index contributed by atoms with van der Waals surface area (Å²) >= 11 is 0. The highest BCUT2D eigenvalue weighted by molar-refractivity contribution is 5.99. The summed E-state index contributed by atoms with van der Waals surface area (Å²) in [4.78, 5) is 29.4. The van der Waals surface area contributed by atoms with E-state index in [0.717, 1.165) is 51.2 Å². The highest BCUT2D eigenvalue weighted by Gasteiger charge is 2.13. The van der Waals surface area contributed by atoms with E-state index in [9.17, 15) is 4.79 Å². The van der Waals surface area contributed by atoms with Gasteiger partial charge in [0.15, 0.2) is 0 Å². The molecule has 1 aromatic carbocycles. The molecule has 0 fully saturated rings. The number of aliphatic imine (C=N–C) groups is 1. The third-order valence-electron chi connectivity index (χ3n) is 5.21. The van der Waals surface area contributed by atoms with Crippen LogP contribution < -0.4 is 16.0 Å². The Kier molecular flexibility index (Phi) is 8.56. The lowest BCUT2D eigenvalue weighted by Gasteiger charge is -2.08. The fourth-order valence-electron chi connectivity index (χ4n) is 3.57. The summed E-state index contributed by atoms with van der Waals surface area (Å²) in [5.74, 6) is 0.297. The van der Waals surface area contributed by atoms with E-state index in [4.69, 9.17) is 0 Å². The summed E-state index contributed by atoms with van der Waals surface area (Å²) in [5.41, 5.74) is 6.57. The predicted molar refractivity (Wildman–Crippen MR) is 145 cm³/mol. The summed E-state index contributed by atoms with van der Waals surface area (Å²) in [6, 6.07) is 7.65. The molecule has 2 aromatic heterocycles. The van der Waals surface area contributed by atoms with Crippen LogP contribution in [0.3, 0.4) is 0 Å². The highest BCUT2D eigenvalue weighted by Crippen LogP contribution is 2.26. The van der Waals surface area contributed by atoms with Crippen LogP contribution >= 0.6 is 0 Å². The van der Waals surface area contributed by atoms with Crippen molar-refractivity contribution in [1.82, 2.24) is 25.6 Å². The molecule has 0 saturated heterocycles. The van der Waals surface area contributed by atoms with Crippen molar-refractivity contribution in [3.8, 4) is 0 Å². The second kappa shape index (κ2) is 11.8. The molecule has 0 aliphatic carbocycles. The van der Waals surface area contributed by atoms with Crippen molar-refractivity contribution in [1.29, 1.82) is 0 Å². The molecule has 8 nitrogen and oxygen atoms in total. The Labute approximate surface area is 206 Å². The second-order valence-corrected chi connectivity index (χ2v) is 8.17. The number of amides is 1. The Hall–Kier alpha value is -4.20. The van der Waals surface area contributed by atoms with Crippen LogP contribution in [-0.4, -0.2) is 40.7 Å². The third kappa shape index (κ3) is 6.66. The molecule has 35 heavy (non-hydrogen) atoms. The molecule has 0 spiro atoms. The fraction of sp³-hybridized carbons (Fsp3) is 0.259. The van der Waals surface area contributed by atoms with Gasteiger partial charge in [-0.1, -0.05) is 25.2 Å². The highest BCUT2D eigenvalue weighted by atomic mass is 16.1. The van der Waals surface area contributed by atoms with E-state index < -0.39 is 0 Å². The Morgan fingerprint density at radius 1 is 1.29 bits per heavy atom. The van der Waals surface area contributed by atoms with E-state index in [1.54, 1.807) is 6.20 Å². The quantitative estimate of drug-likeness (QED) is 0.238. The minimum Gasteiger partial charge on any atom is -0.390 e. The number of allylic oxidation sites excluding steroid dienone is 3. The van der Waals surface area contributed by atoms with Crippen LogP contribution in [0.4, 0.5) is 11.6 Å². The maximum atomic E-state index is 12.7. The number of carbonyl (C=O) groups excluding carboxylic acids is 1. The molecule has 0 aliphatic heterocycles. The zero-order valence-electron chi connectivity index (χ0n) is 21.0. The summed E-state index contributed by atoms with van der Waals surface area (Å²) in [5, 5.41) is 10.2. The van der Waals surface area contributed by atoms with Gasteiger partial charge in [-0.3, -0.25) is 9.79 Å². The molecule has 4 N–H and O–H groups in total. The Balaban J connectivity index is 1.80. The van der Waals surface area contributed by atoms with Crippen molar-refractivity contribution in [2.75, 3.05) is 18.9 Å². The molecule has 2 heterocycles. The number of anilines is 2. The van der Waals surface area contributed by atoms with Crippen molar-refractivity contribution >= 4 is 40.4 Å². The molecule has 0 unspecified atom stereocenters. The number of hydrogen-bond acceptors (Lipinski definition) is 6. The lowest BCUT2D eigenvalue weighted by Crippen LogP contribution is -2.29. The standard InChI is InChI=1S/C27H33N7O/c1-7-10-29-22(8-2)23-9-11-30-27(34-23)32-20-13-18(5)25-19(14-20)15-24(33-25)26(35)31-16-21(28-6)12-17(3)4/h8-15,28,33H,3,7,16H2,1-2,4-6H3,(H,31,35)(H,30,32,34)/b21-12-,22-8-,29-10?. The number of likely N-dealkylation sites (N-methyl/N-ethyl adjacent to an activating group) is 1. The van der Waals surface area contributed by atoms with Gasteiger partial charge >= 0.3 is 0 Å². The number of fused-ring (bicyclic) bond motifs is 1. The van der Waals surface area contributed by atoms with Gasteiger partial charge in [0.1, 0.15) is 5.69 Å². The van der Waals surface area contributed by atoms with Crippen LogP contribution in [0, 0.1) is 6.92 Å². The van der Waals surface area contributed by atoms with Crippen molar-refractivity contribution in [3.63, 3.8) is 0 Å². The van der Waals surface area contributed by atoms with E-state index in [0.29, 0.717) is 18.2 Å². The minimum atomic E-state index is -0.180. The molecule has 182 valence electrons. The summed E-state index contributed by atoms with van der Waals surface area (Å²) in [6.07, 6.45) is 8.25. The zero-order chi connectivity index (χ0) is 25.4. The van der Waals surface area contributed by atoms with Crippen LogP contribution in [0.2, 0.25) is 0 Å². The normalized spacial score (nSPS) is 12.3. The number of aromatic nitrogens is 3. The molecule has 0 saturated carbocycles. The first-order chi connectivity index (χ1) is 16.8. The third-order valence-corrected chi connectivity index (χ3v) is 5.21. The van der Waals surface area contributed by atoms with Crippen molar-refractivity contribution in [2.24, 2.45) is 4.99 Å². The monoisotopic (exact) mass is 471 g/mol. The van der Waals surface area contributed by atoms with Gasteiger partial charge < -0.3 is 20.9 Å². The van der Waals surface area contributed by atoms with E-state index in [1.807, 2.05) is 77.4 Å². The second-order valence-electron chi connectivity index (χ2n) is 8.17. The Morgan fingerprint density at radius 3 is 2.77 bits per heavy atom. The van der Waals surface area contributed by atoms with Gasteiger partial charge in [0.25, 0.3) is 5.91 Å². The smallest absolute Gasteiger partial charge is 0.268 e. The number of rotatable bonds is 10. The van der Waals surface area contributed by atoms with Gasteiger partial charge in [-0.05, 0) is 63.1 Å². The first kappa shape index (κ1) is 25.4. The lowest BCUT2D eigenvalue weighted by molar-refractivity contribution is 0.0952. The number of aryl methyl sites for hydroxylation is 1. The van der Waals surface area contributed by atoms with Gasteiger partial charge in [0, 0.05) is 41.7 Å². The van der Waals surface area contributed by atoms with Gasteiger partial charge in [0.05, 0.1) is 17.9 Å². The number of nitrogens with one attached hydrogen (secondary N) is 4. The molecule has 0 aliphatic rings. The predicted octanol–water partition coefficient (Wildman–Crippen LogP) is 5.26. The molecular formula is C27H33N7O. The summed E-state index contributed by atoms with van der Waals surface area (Å²) in [6.45, 7) is 12.1. The number of H-pyrrole nitrogens is 1. The molecule has 1 amide bonds. The van der Waals surface area contributed by atoms with Gasteiger partial charge in [-0.25, -0.2) is 9.97 Å². The molecule has 0 bridgehead atoms. The van der Waals surface area contributed by atoms with Crippen molar-refractivity contribution in [3.05, 3.63) is 77.4 Å². The molecule has 0 atom stereocenters. The van der Waals surface area contributed by atoms with Gasteiger partial charge in [-0.2, -0.15) is 0 Å². The van der Waals surface area contributed by atoms with Crippen LogP contribution in [0.1, 0.15) is 48.9 Å². The number of benzene rings is 1. The van der Waals surface area contributed by atoms with E-state index in [1.165, 1.54) is 0 Å². The number of aromatic amines is 1. The fourth-order valence-corrected chi connectivity index (χ4v) is 3.57. The Morgan fingerprint density at radius 2 is 2.09 bits per heavy atom. The van der Waals surface area contributed by atoms with Gasteiger partial charge in [0.2, 0.25) is 5.95 Å². The molecule has 0 radical (unpaired) electrons. The van der Waals surface area contributed by atoms with Crippen LogP contribution in [0.25, 0.3) is 16.6 Å². The van der Waals surface area contributed by atoms with E-state index in [-0.39, 0.29) is 5.91 Å². The van der Waals surface area contributed by atoms with Crippen LogP contribution in [-0.2, 0) is 0 Å². The minimum absolute atomic E-state index is 0.180. The van der Waals surface area contributed by atoms with Crippen molar-refractivity contribution in [2.45, 2.75) is 34.1 Å². The van der Waals surface area contributed by atoms with Crippen LogP contribution in [0.15, 0.2) is 65.5 Å². The zero-order valence-corrected chi connectivity index (χ0v) is 21.0. The number of nitrogens with zero attached hydrogens (tertiary/aromatic N) is 3. The first-order valence-corrected chi connectivity index (χ1v) is 11.6. The molecule has 3 rings (SSSR count). The van der Waals surface area contributed by atoms with E-state index in [2.05, 4.69) is 42.5 Å². The van der Waals surface area contributed by atoms with Gasteiger partial charge in [-0.15, -0.1) is 0 Å². The largest absolute Gasteiger partial charge is 0.390 e. The maximum absolute atomic E-state index is 12.7. The SMILES string of the molecule is C=C(C)/C=C(/CNC(=O)c1cc2cc(Nc3nccc(/C(=C/C)N=CCC)n3)cc(C)c2[nH]1)NC. The number of hydrogen-bond donors (Lipinski definition) is 4. The number of carbonyl (C=O) groups is 1. The molecule has 8 heteroatoms. The summed E-state index contributed by atoms with van der Waals surface area (Å²) in [7, 11) is 1.82.